The molecule has 1 atom stereocenters. The van der Waals surface area contributed by atoms with Crippen LogP contribution in [-0.2, 0) is 17.8 Å². The number of thiophene rings is 1. The lowest BCUT2D eigenvalue weighted by molar-refractivity contribution is -0.126. The number of nitrogens with zero attached hydrogens (tertiary/aromatic N) is 3. The third-order valence-electron chi connectivity index (χ3n) is 5.96. The summed E-state index contributed by atoms with van der Waals surface area (Å²) in [5.74, 6) is 0.965. The van der Waals surface area contributed by atoms with Gasteiger partial charge in [-0.3, -0.25) is 4.79 Å². The standard InChI is InChI=1S/C24H27N5OS/c1-16(17-6-3-2-4-7-17)28-23-22-19-11-13-29(14-20(19)31-24(22)27-15-26-23)21(30)8-5-12-25-18-9-10-18/h2-8,15-16,18,25H,9-14H2,1H3,(H,26,27,28)/t16-/m1/s1. The zero-order chi connectivity index (χ0) is 21.2. The minimum absolute atomic E-state index is 0.0860. The van der Waals surface area contributed by atoms with Crippen molar-refractivity contribution >= 4 is 33.3 Å². The van der Waals surface area contributed by atoms with Gasteiger partial charge in [-0.2, -0.15) is 0 Å². The van der Waals surface area contributed by atoms with Crippen LogP contribution in [0.2, 0.25) is 0 Å². The van der Waals surface area contributed by atoms with Gasteiger partial charge in [0.25, 0.3) is 0 Å². The topological polar surface area (TPSA) is 70.2 Å². The number of hydrogen-bond donors (Lipinski definition) is 2. The van der Waals surface area contributed by atoms with Gasteiger partial charge in [0.15, 0.2) is 0 Å². The van der Waals surface area contributed by atoms with E-state index in [4.69, 9.17) is 0 Å². The van der Waals surface area contributed by atoms with E-state index in [1.807, 2.05) is 17.0 Å². The second kappa shape index (κ2) is 8.77. The number of anilines is 1. The molecule has 1 aliphatic heterocycles. The smallest absolute Gasteiger partial charge is 0.246 e. The summed E-state index contributed by atoms with van der Waals surface area (Å²) in [4.78, 5) is 25.8. The predicted octanol–water partition coefficient (Wildman–Crippen LogP) is 4.06. The summed E-state index contributed by atoms with van der Waals surface area (Å²) in [6, 6.07) is 11.2. The molecule has 2 N–H and O–H groups in total. The molecule has 2 aromatic heterocycles. The van der Waals surface area contributed by atoms with Gasteiger partial charge in [-0.25, -0.2) is 9.97 Å². The maximum absolute atomic E-state index is 12.6. The van der Waals surface area contributed by atoms with Crippen molar-refractivity contribution in [3.63, 3.8) is 0 Å². The summed E-state index contributed by atoms with van der Waals surface area (Å²) in [6.45, 7) is 4.28. The number of fused-ring (bicyclic) bond motifs is 3. The molecule has 1 saturated carbocycles. The highest BCUT2D eigenvalue weighted by molar-refractivity contribution is 7.19. The van der Waals surface area contributed by atoms with Crippen LogP contribution >= 0.6 is 11.3 Å². The molecule has 1 aliphatic carbocycles. The Hall–Kier alpha value is -2.77. The van der Waals surface area contributed by atoms with Crippen LogP contribution in [0.1, 0.15) is 41.8 Å². The lowest BCUT2D eigenvalue weighted by Gasteiger charge is -2.26. The van der Waals surface area contributed by atoms with Gasteiger partial charge < -0.3 is 15.5 Å². The van der Waals surface area contributed by atoms with Gasteiger partial charge in [-0.05, 0) is 37.3 Å². The molecule has 3 aromatic rings. The van der Waals surface area contributed by atoms with Crippen LogP contribution in [-0.4, -0.2) is 39.9 Å². The first-order valence-corrected chi connectivity index (χ1v) is 11.8. The van der Waals surface area contributed by atoms with Crippen LogP contribution in [0, 0.1) is 0 Å². The molecule has 160 valence electrons. The Morgan fingerprint density at radius 2 is 2.13 bits per heavy atom. The highest BCUT2D eigenvalue weighted by Crippen LogP contribution is 2.38. The lowest BCUT2D eigenvalue weighted by Crippen LogP contribution is -2.34. The Kier molecular flexibility index (Phi) is 5.70. The summed E-state index contributed by atoms with van der Waals surface area (Å²) < 4.78 is 0. The molecule has 1 amide bonds. The molecule has 0 bridgehead atoms. The molecule has 6 nitrogen and oxygen atoms in total. The van der Waals surface area contributed by atoms with Crippen molar-refractivity contribution in [2.75, 3.05) is 18.4 Å². The van der Waals surface area contributed by atoms with Crippen molar-refractivity contribution in [3.05, 3.63) is 64.8 Å². The molecule has 7 heteroatoms. The number of benzene rings is 1. The monoisotopic (exact) mass is 433 g/mol. The number of carbonyl (C=O) groups excluding carboxylic acids is 1. The Morgan fingerprint density at radius 1 is 1.29 bits per heavy atom. The second-order valence-electron chi connectivity index (χ2n) is 8.28. The quantitative estimate of drug-likeness (QED) is 0.550. The fraction of sp³-hybridized carbons (Fsp3) is 0.375. The van der Waals surface area contributed by atoms with Crippen LogP contribution in [0.3, 0.4) is 0 Å². The van der Waals surface area contributed by atoms with Gasteiger partial charge >= 0.3 is 0 Å². The molecule has 1 fully saturated rings. The van der Waals surface area contributed by atoms with E-state index >= 15 is 0 Å². The number of hydrogen-bond acceptors (Lipinski definition) is 6. The van der Waals surface area contributed by atoms with E-state index in [-0.39, 0.29) is 11.9 Å². The highest BCUT2D eigenvalue weighted by atomic mass is 32.1. The van der Waals surface area contributed by atoms with E-state index in [2.05, 4.69) is 51.8 Å². The van der Waals surface area contributed by atoms with Gasteiger partial charge in [0.05, 0.1) is 11.9 Å². The number of rotatable bonds is 7. The van der Waals surface area contributed by atoms with Gasteiger partial charge in [0.1, 0.15) is 17.0 Å². The van der Waals surface area contributed by atoms with E-state index in [0.29, 0.717) is 12.6 Å². The number of aromatic nitrogens is 2. The average molecular weight is 434 g/mol. The van der Waals surface area contributed by atoms with Crippen molar-refractivity contribution in [3.8, 4) is 0 Å². The number of amides is 1. The molecule has 5 rings (SSSR count). The van der Waals surface area contributed by atoms with E-state index in [9.17, 15) is 4.79 Å². The molecule has 0 unspecified atom stereocenters. The van der Waals surface area contributed by atoms with E-state index in [1.165, 1.54) is 28.8 Å². The summed E-state index contributed by atoms with van der Waals surface area (Å²) in [5.41, 5.74) is 2.50. The molecule has 0 saturated heterocycles. The molecule has 31 heavy (non-hydrogen) atoms. The first-order valence-electron chi connectivity index (χ1n) is 10.9. The average Bonchev–Trinajstić information content (AvgIpc) is 3.55. The molecule has 2 aliphatic rings. The Morgan fingerprint density at radius 3 is 2.94 bits per heavy atom. The van der Waals surface area contributed by atoms with E-state index < -0.39 is 0 Å². The van der Waals surface area contributed by atoms with Crippen molar-refractivity contribution in [2.45, 2.75) is 44.8 Å². The van der Waals surface area contributed by atoms with Crippen LogP contribution in [0.4, 0.5) is 5.82 Å². The minimum atomic E-state index is 0.0860. The van der Waals surface area contributed by atoms with Crippen LogP contribution < -0.4 is 10.6 Å². The SMILES string of the molecule is C[C@@H](Nc1ncnc2sc3c(c12)CCN(C(=O)C=CCNC1CC1)C3)c1ccccc1. The Labute approximate surface area is 186 Å². The maximum Gasteiger partial charge on any atom is 0.246 e. The molecule has 3 heterocycles. The molecule has 0 radical (unpaired) electrons. The molecule has 1 aromatic carbocycles. The predicted molar refractivity (Wildman–Crippen MR) is 125 cm³/mol. The maximum atomic E-state index is 12.6. The van der Waals surface area contributed by atoms with Crippen LogP contribution in [0.5, 0.6) is 0 Å². The number of nitrogens with one attached hydrogen (secondary N) is 2. The summed E-state index contributed by atoms with van der Waals surface area (Å²) in [7, 11) is 0. The van der Waals surface area contributed by atoms with Crippen molar-refractivity contribution in [2.24, 2.45) is 0 Å². The minimum Gasteiger partial charge on any atom is -0.363 e. The third kappa shape index (κ3) is 4.48. The van der Waals surface area contributed by atoms with Crippen molar-refractivity contribution in [1.82, 2.24) is 20.2 Å². The Bertz CT molecular complexity index is 1110. The van der Waals surface area contributed by atoms with Gasteiger partial charge in [-0.1, -0.05) is 36.4 Å². The van der Waals surface area contributed by atoms with Gasteiger partial charge in [0.2, 0.25) is 5.91 Å². The lowest BCUT2D eigenvalue weighted by atomic mass is 10.0. The van der Waals surface area contributed by atoms with E-state index in [0.717, 1.165) is 35.5 Å². The fourth-order valence-corrected chi connectivity index (χ4v) is 5.25. The van der Waals surface area contributed by atoms with Crippen LogP contribution in [0.15, 0.2) is 48.8 Å². The summed E-state index contributed by atoms with van der Waals surface area (Å²) in [5, 5.41) is 8.09. The first kappa shape index (κ1) is 20.2. The normalized spacial score (nSPS) is 17.1. The van der Waals surface area contributed by atoms with Gasteiger partial charge in [0, 0.05) is 36.1 Å². The zero-order valence-corrected chi connectivity index (χ0v) is 18.5. The molecular formula is C24H27N5OS. The van der Waals surface area contributed by atoms with E-state index in [1.54, 1.807) is 23.7 Å². The largest absolute Gasteiger partial charge is 0.363 e. The van der Waals surface area contributed by atoms with Crippen LogP contribution in [0.25, 0.3) is 10.2 Å². The number of carbonyl (C=O) groups is 1. The third-order valence-corrected chi connectivity index (χ3v) is 7.09. The summed E-state index contributed by atoms with van der Waals surface area (Å²) in [6.07, 6.45) is 8.63. The first-order chi connectivity index (χ1) is 15.2. The molecule has 0 spiro atoms. The molecular weight excluding hydrogens is 406 g/mol. The zero-order valence-electron chi connectivity index (χ0n) is 17.7. The van der Waals surface area contributed by atoms with Crippen molar-refractivity contribution in [1.29, 1.82) is 0 Å². The second-order valence-corrected chi connectivity index (χ2v) is 9.36. The fourth-order valence-electron chi connectivity index (χ4n) is 4.04. The Balaban J connectivity index is 1.32. The van der Waals surface area contributed by atoms with Crippen molar-refractivity contribution < 1.29 is 4.79 Å². The van der Waals surface area contributed by atoms with Gasteiger partial charge in [-0.15, -0.1) is 11.3 Å². The highest BCUT2D eigenvalue weighted by Gasteiger charge is 2.26. The summed E-state index contributed by atoms with van der Waals surface area (Å²) >= 11 is 1.68.